The largest absolute Gasteiger partial charge is 0.468 e. The molecule has 5 nitrogen and oxygen atoms in total. The molecule has 0 radical (unpaired) electrons. The number of halogens is 3. The van der Waals surface area contributed by atoms with E-state index in [2.05, 4.69) is 9.72 Å². The van der Waals surface area contributed by atoms with Gasteiger partial charge in [-0.2, -0.15) is 13.2 Å². The van der Waals surface area contributed by atoms with Crippen LogP contribution in [0.4, 0.5) is 18.0 Å². The SMILES string of the molecule is CC(C)(Cc1ccnc(OCC(F)(F)F)c1)OC(N)=O. The molecule has 0 aliphatic heterocycles. The highest BCUT2D eigenvalue weighted by Crippen LogP contribution is 2.21. The summed E-state index contributed by atoms with van der Waals surface area (Å²) in [4.78, 5) is 14.4. The Labute approximate surface area is 113 Å². The van der Waals surface area contributed by atoms with Crippen molar-refractivity contribution in [3.05, 3.63) is 23.9 Å². The smallest absolute Gasteiger partial charge is 0.422 e. The fourth-order valence-electron chi connectivity index (χ4n) is 1.60. The summed E-state index contributed by atoms with van der Waals surface area (Å²) in [6, 6.07) is 2.95. The van der Waals surface area contributed by atoms with Crippen LogP contribution in [-0.4, -0.2) is 29.5 Å². The molecule has 0 bridgehead atoms. The average molecular weight is 292 g/mol. The molecule has 0 aromatic carbocycles. The topological polar surface area (TPSA) is 74.4 Å². The summed E-state index contributed by atoms with van der Waals surface area (Å²) < 4.78 is 45.5. The second kappa shape index (κ2) is 5.98. The molecule has 0 saturated carbocycles. The molecule has 0 aliphatic carbocycles. The molecule has 1 aromatic heterocycles. The van der Waals surface area contributed by atoms with E-state index in [9.17, 15) is 18.0 Å². The maximum Gasteiger partial charge on any atom is 0.422 e. The van der Waals surface area contributed by atoms with Gasteiger partial charge in [0.2, 0.25) is 5.88 Å². The molecule has 20 heavy (non-hydrogen) atoms. The van der Waals surface area contributed by atoms with Gasteiger partial charge in [0, 0.05) is 18.7 Å². The molecule has 0 saturated heterocycles. The molecule has 0 aliphatic rings. The molecule has 0 fully saturated rings. The number of carbonyl (C=O) groups is 1. The lowest BCUT2D eigenvalue weighted by Gasteiger charge is -2.24. The van der Waals surface area contributed by atoms with Gasteiger partial charge >= 0.3 is 12.3 Å². The summed E-state index contributed by atoms with van der Waals surface area (Å²) in [6.45, 7) is 1.85. The van der Waals surface area contributed by atoms with E-state index in [1.165, 1.54) is 12.3 Å². The van der Waals surface area contributed by atoms with Crippen molar-refractivity contribution in [2.75, 3.05) is 6.61 Å². The highest BCUT2D eigenvalue weighted by molar-refractivity contribution is 5.65. The molecule has 1 rings (SSSR count). The van der Waals surface area contributed by atoms with E-state index in [-0.39, 0.29) is 12.3 Å². The van der Waals surface area contributed by atoms with Gasteiger partial charge in [-0.15, -0.1) is 0 Å². The lowest BCUT2D eigenvalue weighted by molar-refractivity contribution is -0.154. The monoisotopic (exact) mass is 292 g/mol. The molecule has 0 spiro atoms. The average Bonchev–Trinajstić information content (AvgIpc) is 2.23. The summed E-state index contributed by atoms with van der Waals surface area (Å²) in [5.74, 6) is -0.144. The van der Waals surface area contributed by atoms with Gasteiger partial charge in [-0.3, -0.25) is 0 Å². The Hall–Kier alpha value is -1.99. The number of hydrogen-bond donors (Lipinski definition) is 1. The minimum atomic E-state index is -4.42. The number of ether oxygens (including phenoxy) is 2. The molecule has 0 unspecified atom stereocenters. The molecular weight excluding hydrogens is 277 g/mol. The first kappa shape index (κ1) is 16.1. The van der Waals surface area contributed by atoms with Crippen molar-refractivity contribution in [2.24, 2.45) is 5.73 Å². The quantitative estimate of drug-likeness (QED) is 0.904. The van der Waals surface area contributed by atoms with Crippen LogP contribution in [0, 0.1) is 0 Å². The van der Waals surface area contributed by atoms with E-state index in [1.54, 1.807) is 19.9 Å². The maximum atomic E-state index is 12.0. The van der Waals surface area contributed by atoms with Crippen LogP contribution in [0.3, 0.4) is 0 Å². The van der Waals surface area contributed by atoms with Crippen LogP contribution < -0.4 is 10.5 Å². The highest BCUT2D eigenvalue weighted by atomic mass is 19.4. The van der Waals surface area contributed by atoms with E-state index >= 15 is 0 Å². The zero-order valence-electron chi connectivity index (χ0n) is 11.0. The molecule has 8 heteroatoms. The summed E-state index contributed by atoms with van der Waals surface area (Å²) >= 11 is 0. The number of rotatable bonds is 5. The first-order valence-corrected chi connectivity index (χ1v) is 5.70. The van der Waals surface area contributed by atoms with Crippen molar-refractivity contribution in [3.8, 4) is 5.88 Å². The van der Waals surface area contributed by atoms with E-state index < -0.39 is 24.5 Å². The standard InChI is InChI=1S/C12H15F3N2O3/c1-11(2,20-10(16)18)6-8-3-4-17-9(5-8)19-7-12(13,14)15/h3-5H,6-7H2,1-2H3,(H2,16,18). The number of hydrogen-bond acceptors (Lipinski definition) is 4. The number of carbonyl (C=O) groups excluding carboxylic acids is 1. The molecule has 112 valence electrons. The fourth-order valence-corrected chi connectivity index (χ4v) is 1.60. The number of nitrogens with zero attached hydrogens (tertiary/aromatic N) is 1. The Kier molecular flexibility index (Phi) is 4.80. The number of aromatic nitrogens is 1. The Morgan fingerprint density at radius 2 is 2.05 bits per heavy atom. The minimum absolute atomic E-state index is 0.144. The van der Waals surface area contributed by atoms with Crippen molar-refractivity contribution < 1.29 is 27.4 Å². The van der Waals surface area contributed by atoms with E-state index in [1.807, 2.05) is 0 Å². The van der Waals surface area contributed by atoms with Crippen molar-refractivity contribution in [2.45, 2.75) is 32.0 Å². The minimum Gasteiger partial charge on any atom is -0.468 e. The first-order chi connectivity index (χ1) is 9.07. The predicted octanol–water partition coefficient (Wildman–Crippen LogP) is 2.44. The second-order valence-electron chi connectivity index (χ2n) is 4.76. The van der Waals surface area contributed by atoms with Crippen LogP contribution >= 0.6 is 0 Å². The molecular formula is C12H15F3N2O3. The summed E-state index contributed by atoms with van der Waals surface area (Å²) in [5.41, 5.74) is 4.67. The zero-order chi connectivity index (χ0) is 15.4. The van der Waals surface area contributed by atoms with E-state index in [0.717, 1.165) is 0 Å². The zero-order valence-corrected chi connectivity index (χ0v) is 11.0. The van der Waals surface area contributed by atoms with Gasteiger partial charge in [0.05, 0.1) is 0 Å². The fraction of sp³-hybridized carbons (Fsp3) is 0.500. The van der Waals surface area contributed by atoms with Crippen LogP contribution in [0.25, 0.3) is 0 Å². The van der Waals surface area contributed by atoms with Crippen molar-refractivity contribution in [1.29, 1.82) is 0 Å². The van der Waals surface area contributed by atoms with Crippen LogP contribution in [-0.2, 0) is 11.2 Å². The van der Waals surface area contributed by atoms with Gasteiger partial charge in [0.15, 0.2) is 6.61 Å². The molecule has 0 atom stereocenters. The van der Waals surface area contributed by atoms with Crippen molar-refractivity contribution >= 4 is 6.09 Å². The normalized spacial score (nSPS) is 12.1. The molecule has 1 heterocycles. The van der Waals surface area contributed by atoms with Gasteiger partial charge < -0.3 is 15.2 Å². The van der Waals surface area contributed by atoms with E-state index in [0.29, 0.717) is 5.56 Å². The first-order valence-electron chi connectivity index (χ1n) is 5.70. The highest BCUT2D eigenvalue weighted by Gasteiger charge is 2.29. The Bertz CT molecular complexity index is 475. The number of primary amides is 1. The van der Waals surface area contributed by atoms with Crippen LogP contribution in [0.15, 0.2) is 18.3 Å². The van der Waals surface area contributed by atoms with Gasteiger partial charge in [-0.1, -0.05) is 0 Å². The summed E-state index contributed by atoms with van der Waals surface area (Å²) in [5, 5.41) is 0. The van der Waals surface area contributed by atoms with Gasteiger partial charge in [0.25, 0.3) is 0 Å². The van der Waals surface area contributed by atoms with Gasteiger partial charge in [0.1, 0.15) is 5.60 Å². The third-order valence-electron chi connectivity index (χ3n) is 2.19. The van der Waals surface area contributed by atoms with Crippen molar-refractivity contribution in [3.63, 3.8) is 0 Å². The van der Waals surface area contributed by atoms with Crippen LogP contribution in [0.2, 0.25) is 0 Å². The molecule has 1 aromatic rings. The van der Waals surface area contributed by atoms with Gasteiger partial charge in [-0.05, 0) is 25.5 Å². The number of alkyl halides is 3. The summed E-state index contributed by atoms with van der Waals surface area (Å²) in [6.07, 6.45) is -3.76. The summed E-state index contributed by atoms with van der Waals surface area (Å²) in [7, 11) is 0. The maximum absolute atomic E-state index is 12.0. The Morgan fingerprint density at radius 3 is 2.60 bits per heavy atom. The van der Waals surface area contributed by atoms with E-state index in [4.69, 9.17) is 10.5 Å². The predicted molar refractivity (Wildman–Crippen MR) is 64.2 cm³/mol. The Balaban J connectivity index is 2.70. The van der Waals surface area contributed by atoms with Crippen molar-refractivity contribution in [1.82, 2.24) is 4.98 Å². The number of pyridine rings is 1. The Morgan fingerprint density at radius 1 is 1.40 bits per heavy atom. The lowest BCUT2D eigenvalue weighted by atomic mass is 9.99. The molecule has 1 amide bonds. The lowest BCUT2D eigenvalue weighted by Crippen LogP contribution is -2.33. The number of nitrogens with two attached hydrogens (primary N) is 1. The second-order valence-corrected chi connectivity index (χ2v) is 4.76. The van der Waals surface area contributed by atoms with Crippen LogP contribution in [0.1, 0.15) is 19.4 Å². The third kappa shape index (κ3) is 6.26. The number of amides is 1. The van der Waals surface area contributed by atoms with Crippen LogP contribution in [0.5, 0.6) is 5.88 Å². The van der Waals surface area contributed by atoms with Gasteiger partial charge in [-0.25, -0.2) is 9.78 Å². The molecule has 2 N–H and O–H groups in total. The third-order valence-corrected chi connectivity index (χ3v) is 2.19.